The number of nitrogen functional groups attached to an aromatic ring is 1. The number of benzene rings is 2. The minimum Gasteiger partial charge on any atom is -0.489 e. The van der Waals surface area contributed by atoms with Gasteiger partial charge < -0.3 is 10.5 Å². The Labute approximate surface area is 106 Å². The first-order valence-electron chi connectivity index (χ1n) is 5.38. The number of anilines is 1. The van der Waals surface area contributed by atoms with Gasteiger partial charge in [-0.2, -0.15) is 0 Å². The third kappa shape index (κ3) is 3.14. The predicted molar refractivity (Wildman–Crippen MR) is 71.4 cm³/mol. The molecule has 17 heavy (non-hydrogen) atoms. The summed E-state index contributed by atoms with van der Waals surface area (Å²) in [4.78, 5) is 0. The van der Waals surface area contributed by atoms with Crippen LogP contribution in [0.25, 0.3) is 0 Å². The maximum absolute atomic E-state index is 6.06. The van der Waals surface area contributed by atoms with Gasteiger partial charge in [0.05, 0.1) is 0 Å². The van der Waals surface area contributed by atoms with Crippen molar-refractivity contribution in [3.05, 3.63) is 58.6 Å². The van der Waals surface area contributed by atoms with E-state index in [0.717, 1.165) is 11.3 Å². The minimum atomic E-state index is 0.424. The van der Waals surface area contributed by atoms with Crippen LogP contribution in [0.15, 0.2) is 42.5 Å². The molecule has 2 rings (SSSR count). The number of halogens is 1. The molecule has 0 saturated heterocycles. The van der Waals surface area contributed by atoms with Crippen LogP contribution in [-0.2, 0) is 6.61 Å². The number of hydrogen-bond acceptors (Lipinski definition) is 2. The van der Waals surface area contributed by atoms with Crippen molar-refractivity contribution in [2.24, 2.45) is 0 Å². The van der Waals surface area contributed by atoms with Crippen molar-refractivity contribution in [1.82, 2.24) is 0 Å². The van der Waals surface area contributed by atoms with Crippen LogP contribution >= 0.6 is 11.6 Å². The van der Waals surface area contributed by atoms with E-state index >= 15 is 0 Å². The van der Waals surface area contributed by atoms with E-state index in [4.69, 9.17) is 22.1 Å². The van der Waals surface area contributed by atoms with E-state index in [-0.39, 0.29) is 0 Å². The SMILES string of the molecule is Cc1cccc(OCc2cc(N)ccc2Cl)c1. The largest absolute Gasteiger partial charge is 0.489 e. The Morgan fingerprint density at radius 3 is 2.76 bits per heavy atom. The lowest BCUT2D eigenvalue weighted by molar-refractivity contribution is 0.306. The molecule has 2 N–H and O–H groups in total. The number of ether oxygens (including phenoxy) is 1. The summed E-state index contributed by atoms with van der Waals surface area (Å²) in [6.07, 6.45) is 0. The zero-order valence-electron chi connectivity index (χ0n) is 9.61. The molecule has 0 fully saturated rings. The fourth-order valence-corrected chi connectivity index (χ4v) is 1.74. The second-order valence-electron chi connectivity index (χ2n) is 3.96. The summed E-state index contributed by atoms with van der Waals surface area (Å²) in [5, 5.41) is 0.673. The van der Waals surface area contributed by atoms with Gasteiger partial charge in [0.2, 0.25) is 0 Å². The molecule has 0 unspecified atom stereocenters. The topological polar surface area (TPSA) is 35.2 Å². The van der Waals surface area contributed by atoms with Crippen molar-refractivity contribution in [2.45, 2.75) is 13.5 Å². The minimum absolute atomic E-state index is 0.424. The highest BCUT2D eigenvalue weighted by molar-refractivity contribution is 6.31. The quantitative estimate of drug-likeness (QED) is 0.837. The zero-order valence-corrected chi connectivity index (χ0v) is 10.4. The van der Waals surface area contributed by atoms with Crippen LogP contribution in [0.3, 0.4) is 0 Å². The molecule has 2 aromatic rings. The van der Waals surface area contributed by atoms with E-state index in [1.807, 2.05) is 37.3 Å². The lowest BCUT2D eigenvalue weighted by atomic mass is 10.2. The Hall–Kier alpha value is -1.67. The highest BCUT2D eigenvalue weighted by atomic mass is 35.5. The zero-order chi connectivity index (χ0) is 12.3. The Kier molecular flexibility index (Phi) is 3.55. The maximum Gasteiger partial charge on any atom is 0.120 e. The van der Waals surface area contributed by atoms with Crippen molar-refractivity contribution >= 4 is 17.3 Å². The Morgan fingerprint density at radius 2 is 2.00 bits per heavy atom. The molecular formula is C14H14ClNO. The van der Waals surface area contributed by atoms with Crippen LogP contribution < -0.4 is 10.5 Å². The van der Waals surface area contributed by atoms with Crippen LogP contribution in [0.1, 0.15) is 11.1 Å². The fraction of sp³-hybridized carbons (Fsp3) is 0.143. The van der Waals surface area contributed by atoms with Gasteiger partial charge >= 0.3 is 0 Å². The van der Waals surface area contributed by atoms with E-state index in [1.165, 1.54) is 5.56 Å². The van der Waals surface area contributed by atoms with Gasteiger partial charge in [0, 0.05) is 16.3 Å². The van der Waals surface area contributed by atoms with E-state index in [9.17, 15) is 0 Å². The van der Waals surface area contributed by atoms with Gasteiger partial charge in [-0.15, -0.1) is 0 Å². The van der Waals surface area contributed by atoms with Crippen LogP contribution in [0, 0.1) is 6.92 Å². The molecule has 2 nitrogen and oxygen atoms in total. The first-order valence-corrected chi connectivity index (χ1v) is 5.76. The molecule has 0 radical (unpaired) electrons. The Bertz CT molecular complexity index is 525. The van der Waals surface area contributed by atoms with Gasteiger partial charge in [0.15, 0.2) is 0 Å². The average molecular weight is 248 g/mol. The summed E-state index contributed by atoms with van der Waals surface area (Å²) >= 11 is 6.06. The molecule has 0 aliphatic heterocycles. The molecule has 0 spiro atoms. The third-order valence-corrected chi connectivity index (χ3v) is 2.82. The normalized spacial score (nSPS) is 10.2. The lowest BCUT2D eigenvalue weighted by Gasteiger charge is -2.09. The highest BCUT2D eigenvalue weighted by Gasteiger charge is 2.02. The van der Waals surface area contributed by atoms with Gasteiger partial charge in [0.1, 0.15) is 12.4 Å². The van der Waals surface area contributed by atoms with E-state index < -0.39 is 0 Å². The van der Waals surface area contributed by atoms with E-state index in [1.54, 1.807) is 12.1 Å². The van der Waals surface area contributed by atoms with E-state index in [2.05, 4.69) is 0 Å². The smallest absolute Gasteiger partial charge is 0.120 e. The molecule has 0 saturated carbocycles. The van der Waals surface area contributed by atoms with Gasteiger partial charge in [-0.05, 0) is 42.8 Å². The highest BCUT2D eigenvalue weighted by Crippen LogP contribution is 2.21. The molecule has 3 heteroatoms. The Balaban J connectivity index is 2.09. The average Bonchev–Trinajstić information content (AvgIpc) is 2.30. The van der Waals surface area contributed by atoms with Crippen molar-refractivity contribution < 1.29 is 4.74 Å². The monoisotopic (exact) mass is 247 g/mol. The van der Waals surface area contributed by atoms with Gasteiger partial charge in [-0.1, -0.05) is 23.7 Å². The van der Waals surface area contributed by atoms with Crippen molar-refractivity contribution in [3.8, 4) is 5.75 Å². The molecule has 0 bridgehead atoms. The van der Waals surface area contributed by atoms with Crippen LogP contribution in [0.4, 0.5) is 5.69 Å². The van der Waals surface area contributed by atoms with Crippen molar-refractivity contribution in [3.63, 3.8) is 0 Å². The standard InChI is InChI=1S/C14H14ClNO/c1-10-3-2-4-13(7-10)17-9-11-8-12(16)5-6-14(11)15/h2-8H,9,16H2,1H3. The molecule has 88 valence electrons. The fourth-order valence-electron chi connectivity index (χ4n) is 1.57. The first-order chi connectivity index (χ1) is 8.15. The number of aryl methyl sites for hydroxylation is 1. The molecular weight excluding hydrogens is 234 g/mol. The molecule has 0 aliphatic carbocycles. The molecule has 0 aliphatic rings. The molecule has 0 amide bonds. The second-order valence-corrected chi connectivity index (χ2v) is 4.36. The van der Waals surface area contributed by atoms with Crippen LogP contribution in [0.2, 0.25) is 5.02 Å². The van der Waals surface area contributed by atoms with Crippen molar-refractivity contribution in [2.75, 3.05) is 5.73 Å². The van der Waals surface area contributed by atoms with E-state index in [0.29, 0.717) is 17.3 Å². The molecule has 0 heterocycles. The summed E-state index contributed by atoms with van der Waals surface area (Å²) in [7, 11) is 0. The van der Waals surface area contributed by atoms with Gasteiger partial charge in [0.25, 0.3) is 0 Å². The molecule has 2 aromatic carbocycles. The molecule has 0 atom stereocenters. The number of rotatable bonds is 3. The summed E-state index contributed by atoms with van der Waals surface area (Å²) in [6.45, 7) is 2.45. The summed E-state index contributed by atoms with van der Waals surface area (Å²) in [6, 6.07) is 13.3. The number of hydrogen-bond donors (Lipinski definition) is 1. The summed E-state index contributed by atoms with van der Waals surface area (Å²) < 4.78 is 5.67. The van der Waals surface area contributed by atoms with Crippen LogP contribution in [0.5, 0.6) is 5.75 Å². The van der Waals surface area contributed by atoms with Gasteiger partial charge in [-0.25, -0.2) is 0 Å². The predicted octanol–water partition coefficient (Wildman–Crippen LogP) is 3.81. The Morgan fingerprint density at radius 1 is 1.18 bits per heavy atom. The van der Waals surface area contributed by atoms with Crippen LogP contribution in [-0.4, -0.2) is 0 Å². The lowest BCUT2D eigenvalue weighted by Crippen LogP contribution is -1.98. The summed E-state index contributed by atoms with van der Waals surface area (Å²) in [5.74, 6) is 0.837. The summed E-state index contributed by atoms with van der Waals surface area (Å²) in [5.41, 5.74) is 8.46. The molecule has 0 aromatic heterocycles. The second kappa shape index (κ2) is 5.11. The van der Waals surface area contributed by atoms with Crippen molar-refractivity contribution in [1.29, 1.82) is 0 Å². The first kappa shape index (κ1) is 11.8. The maximum atomic E-state index is 6.06. The third-order valence-electron chi connectivity index (χ3n) is 2.45. The van der Waals surface area contributed by atoms with Gasteiger partial charge in [-0.3, -0.25) is 0 Å². The number of nitrogens with two attached hydrogens (primary N) is 1.